The maximum absolute atomic E-state index is 13.5. The Morgan fingerprint density at radius 3 is 1.70 bits per heavy atom. The molecule has 0 bridgehead atoms. The van der Waals surface area contributed by atoms with Gasteiger partial charge in [0.1, 0.15) is 38.4 Å². The number of benzene rings is 1. The Morgan fingerprint density at radius 1 is 0.673 bits per heavy atom. The molecule has 3 unspecified atom stereocenters. The first-order chi connectivity index (χ1) is 47.1. The molecule has 3 aromatic rings. The first-order valence-electron chi connectivity index (χ1n) is 37.5. The zero-order chi connectivity index (χ0) is 71.5. The van der Waals surface area contributed by atoms with Gasteiger partial charge in [0.25, 0.3) is 0 Å². The summed E-state index contributed by atoms with van der Waals surface area (Å²) in [6.45, 7) is 17.6. The van der Waals surface area contributed by atoms with Gasteiger partial charge in [0.05, 0.1) is 27.5 Å². The van der Waals surface area contributed by atoms with Gasteiger partial charge in [-0.1, -0.05) is 206 Å². The fourth-order valence-corrected chi connectivity index (χ4v) is 14.3. The van der Waals surface area contributed by atoms with Crippen molar-refractivity contribution in [3.05, 3.63) is 70.6 Å². The van der Waals surface area contributed by atoms with E-state index in [1.54, 1.807) is 17.2 Å². The van der Waals surface area contributed by atoms with Crippen molar-refractivity contribution in [2.24, 2.45) is 29.1 Å². The maximum Gasteiger partial charge on any atom is 0.420 e. The number of anilines is 1. The summed E-state index contributed by atoms with van der Waals surface area (Å²) < 4.78 is 29.9. The van der Waals surface area contributed by atoms with Gasteiger partial charge in [-0.15, -0.1) is 0 Å². The Hall–Kier alpha value is -5.99. The van der Waals surface area contributed by atoms with Crippen LogP contribution in [0.3, 0.4) is 0 Å². The maximum atomic E-state index is 13.5. The minimum absolute atomic E-state index is 0.0111. The zero-order valence-electron chi connectivity index (χ0n) is 61.4. The van der Waals surface area contributed by atoms with E-state index >= 15 is 0 Å². The van der Waals surface area contributed by atoms with E-state index in [2.05, 4.69) is 75.8 Å². The van der Waals surface area contributed by atoms with Gasteiger partial charge in [-0.05, 0) is 143 Å². The number of likely N-dealkylation sites (tertiary alicyclic amines) is 1. The third kappa shape index (κ3) is 34.4. The summed E-state index contributed by atoms with van der Waals surface area (Å²) in [5.74, 6) is -0.882. The van der Waals surface area contributed by atoms with E-state index in [0.717, 1.165) is 109 Å². The lowest BCUT2D eigenvalue weighted by atomic mass is 9.74. The average Bonchev–Trinajstić information content (AvgIpc) is 1.58. The van der Waals surface area contributed by atoms with Gasteiger partial charge in [-0.2, -0.15) is 5.26 Å². The quantitative estimate of drug-likeness (QED) is 0.0169. The highest BCUT2D eigenvalue weighted by molar-refractivity contribution is 6.37. The molecule has 1 aliphatic rings. The molecule has 1 fully saturated rings. The van der Waals surface area contributed by atoms with Crippen LogP contribution >= 0.6 is 23.2 Å². The van der Waals surface area contributed by atoms with Gasteiger partial charge in [0.15, 0.2) is 17.5 Å². The van der Waals surface area contributed by atoms with Gasteiger partial charge in [0.2, 0.25) is 5.91 Å². The van der Waals surface area contributed by atoms with Gasteiger partial charge < -0.3 is 33.5 Å². The van der Waals surface area contributed by atoms with Crippen molar-refractivity contribution < 1.29 is 52.5 Å². The topological polar surface area (TPSA) is 210 Å². The smallest absolute Gasteiger partial charge is 0.420 e. The van der Waals surface area contributed by atoms with Crippen molar-refractivity contribution in [2.45, 2.75) is 299 Å². The molecule has 1 aliphatic heterocycles. The number of piperidine rings is 1. The normalized spacial score (nSPS) is 15.2. The van der Waals surface area contributed by atoms with Crippen LogP contribution in [0.1, 0.15) is 286 Å². The summed E-state index contributed by atoms with van der Waals surface area (Å²) in [7, 11) is 1.90. The number of halogens is 2. The standard InChI is InChI=1S/C79H122Cl2N6O11/c1-10-12-14-16-18-20-22-24-26-28-30-32-34-36-38-40-71(89)94-57-65(58-95-72(90)41-39-37-35-33-31-29-27-25-23-21-19-17-15-13-11-2)97-73(91)49-60(3)48-61(4)53-79(7,8)54-62(5)50-74(92)98-75-67(80)51-64(52-68(75)81)56-96-78(93)87-47-44-66-76(83-59-84-77(66)87)85(9)69-55-86(46-43-63(69)6)70(88)42-45-82/h24-27,44,47,51-52,59-63,65,69H,10-23,28-43,46,48-50,53-58H2,1-9H3/b26-24-,27-25-/t60?,61?,62?,63-,69+/m1/s1. The van der Waals surface area contributed by atoms with Crippen molar-refractivity contribution >= 4 is 75.9 Å². The predicted octanol–water partition coefficient (Wildman–Crippen LogP) is 20.4. The highest BCUT2D eigenvalue weighted by Crippen LogP contribution is 2.39. The third-order valence-electron chi connectivity index (χ3n) is 18.7. The second kappa shape index (κ2) is 48.7. The molecule has 0 N–H and O–H groups in total. The number of allylic oxidation sites excluding steroid dienone is 4. The van der Waals surface area contributed by atoms with Gasteiger partial charge in [0, 0.05) is 52.0 Å². The molecule has 19 heteroatoms. The minimum atomic E-state index is -0.916. The number of aromatic nitrogens is 3. The summed E-state index contributed by atoms with van der Waals surface area (Å²) in [6, 6.07) is 6.67. The molecule has 98 heavy (non-hydrogen) atoms. The van der Waals surface area contributed by atoms with Crippen molar-refractivity contribution in [3.8, 4) is 11.8 Å². The number of rotatable bonds is 51. The highest BCUT2D eigenvalue weighted by atomic mass is 35.5. The Bertz CT molecular complexity index is 2860. The molecular formula is C79H122Cl2N6O11. The van der Waals surface area contributed by atoms with Crippen molar-refractivity contribution in [1.82, 2.24) is 19.4 Å². The Labute approximate surface area is 598 Å². The number of unbranched alkanes of at least 4 members (excludes halogenated alkanes) is 22. The van der Waals surface area contributed by atoms with Crippen LogP contribution in [-0.4, -0.2) is 101 Å². The largest absolute Gasteiger partial charge is 0.462 e. The molecule has 4 rings (SSSR count). The first kappa shape index (κ1) is 84.4. The number of amides is 1. The van der Waals surface area contributed by atoms with Crippen LogP contribution in [0.4, 0.5) is 10.6 Å². The summed E-state index contributed by atoms with van der Waals surface area (Å²) in [5.41, 5.74) is 0.633. The fourth-order valence-electron chi connectivity index (χ4n) is 13.7. The molecule has 0 spiro atoms. The molecule has 1 amide bonds. The lowest BCUT2D eigenvalue weighted by Crippen LogP contribution is -2.52. The number of nitrogens with zero attached hydrogens (tertiary/aromatic N) is 6. The zero-order valence-corrected chi connectivity index (χ0v) is 62.9. The highest BCUT2D eigenvalue weighted by Gasteiger charge is 2.34. The molecule has 1 aromatic carbocycles. The van der Waals surface area contributed by atoms with E-state index in [-0.39, 0.29) is 121 Å². The number of likely N-dealkylation sites (N-methyl/N-ethyl adjacent to an activating group) is 1. The Kier molecular flexibility index (Phi) is 42.0. The van der Waals surface area contributed by atoms with Crippen molar-refractivity contribution in [2.75, 3.05) is 38.3 Å². The van der Waals surface area contributed by atoms with Crippen LogP contribution in [0.5, 0.6) is 5.75 Å². The summed E-state index contributed by atoms with van der Waals surface area (Å²) in [4.78, 5) is 91.6. The lowest BCUT2D eigenvalue weighted by molar-refractivity contribution is -0.167. The van der Waals surface area contributed by atoms with Crippen LogP contribution < -0.4 is 9.64 Å². The van der Waals surface area contributed by atoms with E-state index in [1.165, 1.54) is 100 Å². The molecule has 17 nitrogen and oxygen atoms in total. The second-order valence-corrected chi connectivity index (χ2v) is 29.6. The van der Waals surface area contributed by atoms with Crippen LogP contribution in [0, 0.1) is 40.4 Å². The lowest BCUT2D eigenvalue weighted by Gasteiger charge is -2.42. The molecule has 2 aromatic heterocycles. The molecule has 0 radical (unpaired) electrons. The molecule has 548 valence electrons. The first-order valence-corrected chi connectivity index (χ1v) is 38.3. The van der Waals surface area contributed by atoms with Crippen LogP contribution in [-0.2, 0) is 49.5 Å². The van der Waals surface area contributed by atoms with E-state index < -0.39 is 24.1 Å². The van der Waals surface area contributed by atoms with Crippen LogP contribution in [0.15, 0.2) is 55.0 Å². The number of hydrogen-bond acceptors (Lipinski definition) is 15. The monoisotopic (exact) mass is 1400 g/mol. The van der Waals surface area contributed by atoms with E-state index in [0.29, 0.717) is 41.9 Å². The number of nitriles is 1. The Balaban J connectivity index is 1.20. The van der Waals surface area contributed by atoms with Gasteiger partial charge in [-0.25, -0.2) is 19.3 Å². The van der Waals surface area contributed by atoms with Gasteiger partial charge in [-0.3, -0.25) is 24.0 Å². The summed E-state index contributed by atoms with van der Waals surface area (Å²) >= 11 is 13.3. The van der Waals surface area contributed by atoms with E-state index in [9.17, 15) is 28.8 Å². The Morgan fingerprint density at radius 2 is 1.17 bits per heavy atom. The molecule has 0 aliphatic carbocycles. The van der Waals surface area contributed by atoms with E-state index in [1.807, 2.05) is 31.9 Å². The third-order valence-corrected chi connectivity index (χ3v) is 19.3. The average molecular weight is 1400 g/mol. The minimum Gasteiger partial charge on any atom is -0.462 e. The fraction of sp³-hybridized carbons (Fsp3) is 0.709. The SMILES string of the molecule is CCCCCCCC/C=C\CCCCCCCC(=O)OCC(COC(=O)CCCCCCC/C=C\CCCCCCCC)OC(=O)CC(C)CC(C)CC(C)(C)CC(C)CC(=O)Oc1c(Cl)cc(COC(=O)n2ccc3c(N(C)[C@H]4CN(C(=O)CC#N)CC[C@H]4C)ncnc32)cc1Cl. The molecule has 5 atom stereocenters. The number of esters is 4. The van der Waals surface area contributed by atoms with E-state index in [4.69, 9.17) is 52.1 Å². The predicted molar refractivity (Wildman–Crippen MR) is 393 cm³/mol. The second-order valence-electron chi connectivity index (χ2n) is 28.8. The van der Waals surface area contributed by atoms with Crippen LogP contribution in [0.2, 0.25) is 10.0 Å². The number of carbonyl (C=O) groups is 6. The van der Waals surface area contributed by atoms with Crippen molar-refractivity contribution in [3.63, 3.8) is 0 Å². The summed E-state index contributed by atoms with van der Waals surface area (Å²) in [6.07, 6.45) is 44.6. The number of carbonyl (C=O) groups excluding carboxylic acids is 6. The van der Waals surface area contributed by atoms with Gasteiger partial charge >= 0.3 is 30.0 Å². The van der Waals surface area contributed by atoms with Crippen molar-refractivity contribution in [1.29, 1.82) is 5.26 Å². The molecular weight excluding hydrogens is 1280 g/mol. The molecule has 3 heterocycles. The number of hydrogen-bond donors (Lipinski definition) is 0. The number of fused-ring (bicyclic) bond motifs is 1. The molecule has 1 saturated heterocycles. The summed E-state index contributed by atoms with van der Waals surface area (Å²) in [5, 5.41) is 9.87. The number of ether oxygens (including phenoxy) is 5. The molecule has 0 saturated carbocycles. The van der Waals surface area contributed by atoms with Crippen LogP contribution in [0.25, 0.3) is 11.0 Å².